The van der Waals surface area contributed by atoms with Crippen molar-refractivity contribution in [2.75, 3.05) is 0 Å². The number of para-hydroxylation sites is 1. The molecule has 1 aromatic heterocycles. The van der Waals surface area contributed by atoms with Crippen LogP contribution in [-0.4, -0.2) is 22.8 Å². The Hall–Kier alpha value is -2.99. The van der Waals surface area contributed by atoms with Gasteiger partial charge in [-0.2, -0.15) is 0 Å². The van der Waals surface area contributed by atoms with Crippen LogP contribution in [0.1, 0.15) is 43.9 Å². The lowest BCUT2D eigenvalue weighted by Gasteiger charge is -2.14. The highest BCUT2D eigenvalue weighted by Gasteiger charge is 2.22. The molecule has 5 nitrogen and oxygen atoms in total. The predicted molar refractivity (Wildman–Crippen MR) is 108 cm³/mol. The number of aryl methyl sites for hydroxylation is 2. The van der Waals surface area contributed by atoms with Crippen molar-refractivity contribution in [1.29, 1.82) is 0 Å². The summed E-state index contributed by atoms with van der Waals surface area (Å²) in [6, 6.07) is 14.0. The fraction of sp³-hybridized carbons (Fsp3) is 0.227. The van der Waals surface area contributed by atoms with Gasteiger partial charge in [-0.15, -0.1) is 11.3 Å². The molecule has 0 saturated carbocycles. The maximum Gasteiger partial charge on any atom is 0.342 e. The van der Waals surface area contributed by atoms with Crippen LogP contribution in [0.3, 0.4) is 0 Å². The number of carbonyl (C=O) groups is 2. The number of ketones is 1. The van der Waals surface area contributed by atoms with Gasteiger partial charge in [0.25, 0.3) is 0 Å². The summed E-state index contributed by atoms with van der Waals surface area (Å²) in [7, 11) is 0. The first kappa shape index (κ1) is 19.8. The van der Waals surface area contributed by atoms with Crippen LogP contribution in [-0.2, 0) is 11.3 Å². The fourth-order valence-corrected chi connectivity index (χ4v) is 3.21. The molecule has 0 aliphatic heterocycles. The molecule has 1 atom stereocenters. The van der Waals surface area contributed by atoms with Crippen molar-refractivity contribution in [2.45, 2.75) is 33.5 Å². The van der Waals surface area contributed by atoms with Crippen LogP contribution in [0, 0.1) is 13.8 Å². The largest absolute Gasteiger partial charge is 0.486 e. The first-order valence-electron chi connectivity index (χ1n) is 8.88. The van der Waals surface area contributed by atoms with Crippen LogP contribution < -0.4 is 4.74 Å². The zero-order valence-corrected chi connectivity index (χ0v) is 16.8. The molecule has 0 radical (unpaired) electrons. The quantitative estimate of drug-likeness (QED) is 0.426. The molecule has 3 aromatic rings. The Kier molecular flexibility index (Phi) is 6.21. The van der Waals surface area contributed by atoms with E-state index in [1.165, 1.54) is 0 Å². The standard InChI is InChI=1S/C22H21NO4S/c1-14-8-10-17(11-9-14)21(24)15(2)27-22(25)19-6-4-5-7-20(19)26-12-18-13-28-16(3)23-18/h4-11,13,15H,12H2,1-3H3/t15-/m1/s1. The van der Waals surface area contributed by atoms with E-state index in [1.54, 1.807) is 54.7 Å². The summed E-state index contributed by atoms with van der Waals surface area (Å²) in [6.45, 7) is 5.70. The monoisotopic (exact) mass is 395 g/mol. The summed E-state index contributed by atoms with van der Waals surface area (Å²) < 4.78 is 11.2. The smallest absolute Gasteiger partial charge is 0.342 e. The first-order valence-corrected chi connectivity index (χ1v) is 9.76. The number of hydrogen-bond acceptors (Lipinski definition) is 6. The number of hydrogen-bond donors (Lipinski definition) is 0. The lowest BCUT2D eigenvalue weighted by atomic mass is 10.1. The van der Waals surface area contributed by atoms with Crippen molar-refractivity contribution in [3.63, 3.8) is 0 Å². The number of rotatable bonds is 7. The Morgan fingerprint density at radius 3 is 2.46 bits per heavy atom. The minimum Gasteiger partial charge on any atom is -0.486 e. The van der Waals surface area contributed by atoms with Crippen molar-refractivity contribution in [3.8, 4) is 5.75 Å². The highest BCUT2D eigenvalue weighted by atomic mass is 32.1. The molecule has 0 unspecified atom stereocenters. The Bertz CT molecular complexity index is 978. The number of benzene rings is 2. The van der Waals surface area contributed by atoms with E-state index in [4.69, 9.17) is 9.47 Å². The van der Waals surface area contributed by atoms with Gasteiger partial charge < -0.3 is 9.47 Å². The van der Waals surface area contributed by atoms with Gasteiger partial charge in [-0.3, -0.25) is 4.79 Å². The molecule has 1 heterocycles. The van der Waals surface area contributed by atoms with Gasteiger partial charge in [-0.25, -0.2) is 9.78 Å². The van der Waals surface area contributed by atoms with Gasteiger partial charge in [0.2, 0.25) is 5.78 Å². The summed E-state index contributed by atoms with van der Waals surface area (Å²) in [6.07, 6.45) is -0.899. The lowest BCUT2D eigenvalue weighted by Crippen LogP contribution is -2.24. The number of aromatic nitrogens is 1. The molecule has 0 aliphatic carbocycles. The van der Waals surface area contributed by atoms with Crippen molar-refractivity contribution in [3.05, 3.63) is 81.3 Å². The number of Topliss-reactive ketones (excluding diaryl/α,β-unsaturated/α-hetero) is 1. The molecule has 0 fully saturated rings. The molecule has 0 aliphatic rings. The van der Waals surface area contributed by atoms with Crippen LogP contribution in [0.15, 0.2) is 53.9 Å². The number of ether oxygens (including phenoxy) is 2. The van der Waals surface area contributed by atoms with Gasteiger partial charge >= 0.3 is 5.97 Å². The SMILES string of the molecule is Cc1ccc(C(=O)[C@@H](C)OC(=O)c2ccccc2OCc2csc(C)n2)cc1. The summed E-state index contributed by atoms with van der Waals surface area (Å²) in [4.78, 5) is 29.5. The van der Waals surface area contributed by atoms with E-state index in [0.717, 1.165) is 16.3 Å². The third-order valence-corrected chi connectivity index (χ3v) is 4.96. The summed E-state index contributed by atoms with van der Waals surface area (Å²) in [5.41, 5.74) is 2.64. The van der Waals surface area contributed by atoms with Gasteiger partial charge in [0.1, 0.15) is 17.9 Å². The van der Waals surface area contributed by atoms with Crippen LogP contribution >= 0.6 is 11.3 Å². The molecule has 2 aromatic carbocycles. The third-order valence-electron chi connectivity index (χ3n) is 4.14. The first-order chi connectivity index (χ1) is 13.4. The average Bonchev–Trinajstić information content (AvgIpc) is 3.11. The van der Waals surface area contributed by atoms with Gasteiger partial charge in [-0.05, 0) is 32.9 Å². The average molecular weight is 395 g/mol. The van der Waals surface area contributed by atoms with E-state index < -0.39 is 12.1 Å². The summed E-state index contributed by atoms with van der Waals surface area (Å²) in [5, 5.41) is 2.87. The Morgan fingerprint density at radius 2 is 1.79 bits per heavy atom. The molecule has 0 amide bonds. The molecular formula is C22H21NO4S. The second-order valence-electron chi connectivity index (χ2n) is 6.42. The molecule has 0 bridgehead atoms. The minimum absolute atomic E-state index is 0.246. The van der Waals surface area contributed by atoms with E-state index in [0.29, 0.717) is 11.3 Å². The maximum absolute atomic E-state index is 12.6. The number of carbonyl (C=O) groups excluding carboxylic acids is 2. The maximum atomic E-state index is 12.6. The zero-order valence-electron chi connectivity index (χ0n) is 16.0. The molecule has 6 heteroatoms. The number of nitrogens with zero attached hydrogens (tertiary/aromatic N) is 1. The van der Waals surface area contributed by atoms with Crippen molar-refractivity contribution >= 4 is 23.1 Å². The van der Waals surface area contributed by atoms with E-state index in [2.05, 4.69) is 4.98 Å². The fourth-order valence-electron chi connectivity index (χ4n) is 2.62. The molecule has 0 spiro atoms. The van der Waals surface area contributed by atoms with Crippen LogP contribution in [0.25, 0.3) is 0 Å². The Labute approximate surface area is 168 Å². The van der Waals surface area contributed by atoms with Crippen LogP contribution in [0.5, 0.6) is 5.75 Å². The molecule has 3 rings (SSSR count). The summed E-state index contributed by atoms with van der Waals surface area (Å²) in [5.74, 6) is -0.448. The second-order valence-corrected chi connectivity index (χ2v) is 7.48. The Balaban J connectivity index is 1.68. The van der Waals surface area contributed by atoms with Crippen LogP contribution in [0.2, 0.25) is 0 Å². The second kappa shape index (κ2) is 8.80. The predicted octanol–water partition coefficient (Wildman–Crippen LogP) is 4.77. The zero-order chi connectivity index (χ0) is 20.1. The van der Waals surface area contributed by atoms with Gasteiger partial charge in [0, 0.05) is 10.9 Å². The molecule has 0 saturated heterocycles. The lowest BCUT2D eigenvalue weighted by molar-refractivity contribution is 0.0314. The highest BCUT2D eigenvalue weighted by molar-refractivity contribution is 7.09. The minimum atomic E-state index is -0.899. The van der Waals surface area contributed by atoms with E-state index >= 15 is 0 Å². The number of esters is 1. The van der Waals surface area contributed by atoms with Gasteiger partial charge in [-0.1, -0.05) is 42.0 Å². The van der Waals surface area contributed by atoms with Gasteiger partial charge in [0.15, 0.2) is 6.10 Å². The van der Waals surface area contributed by atoms with Gasteiger partial charge in [0.05, 0.1) is 10.7 Å². The summed E-state index contributed by atoms with van der Waals surface area (Å²) >= 11 is 1.54. The molecule has 28 heavy (non-hydrogen) atoms. The van der Waals surface area contributed by atoms with E-state index in [1.807, 2.05) is 31.4 Å². The normalized spacial score (nSPS) is 11.7. The number of thiazole rings is 1. The molecule has 144 valence electrons. The Morgan fingerprint density at radius 1 is 1.07 bits per heavy atom. The van der Waals surface area contributed by atoms with E-state index in [-0.39, 0.29) is 18.0 Å². The topological polar surface area (TPSA) is 65.5 Å². The van der Waals surface area contributed by atoms with Crippen molar-refractivity contribution < 1.29 is 19.1 Å². The molecular weight excluding hydrogens is 374 g/mol. The van der Waals surface area contributed by atoms with E-state index in [9.17, 15) is 9.59 Å². The van der Waals surface area contributed by atoms with Crippen molar-refractivity contribution in [1.82, 2.24) is 4.98 Å². The third kappa shape index (κ3) is 4.84. The van der Waals surface area contributed by atoms with Crippen LogP contribution in [0.4, 0.5) is 0 Å². The highest BCUT2D eigenvalue weighted by Crippen LogP contribution is 2.22. The molecule has 0 N–H and O–H groups in total. The van der Waals surface area contributed by atoms with Crippen molar-refractivity contribution in [2.24, 2.45) is 0 Å².